The number of hydrogen-bond acceptors (Lipinski definition) is 7. The molecule has 0 bridgehead atoms. The van der Waals surface area contributed by atoms with Crippen LogP contribution in [-0.4, -0.2) is 68.7 Å². The molecule has 4 rings (SSSR count). The minimum absolute atomic E-state index is 0.0971. The van der Waals surface area contributed by atoms with Gasteiger partial charge in [0.1, 0.15) is 16.4 Å². The van der Waals surface area contributed by atoms with Gasteiger partial charge in [-0.15, -0.1) is 0 Å². The third kappa shape index (κ3) is 5.55. The molecule has 32 heavy (non-hydrogen) atoms. The van der Waals surface area contributed by atoms with Crippen LogP contribution in [0.5, 0.6) is 0 Å². The van der Waals surface area contributed by atoms with Gasteiger partial charge in [0, 0.05) is 51.2 Å². The van der Waals surface area contributed by atoms with Crippen molar-refractivity contribution < 1.29 is 26.3 Å². The lowest BCUT2D eigenvalue weighted by molar-refractivity contribution is -0.141. The van der Waals surface area contributed by atoms with Gasteiger partial charge in [-0.25, -0.2) is 18.1 Å². The Morgan fingerprint density at radius 1 is 1.06 bits per heavy atom. The van der Waals surface area contributed by atoms with E-state index in [1.54, 1.807) is 12.1 Å². The Morgan fingerprint density at radius 2 is 1.84 bits per heavy atom. The Labute approximate surface area is 184 Å². The average Bonchev–Trinajstić information content (AvgIpc) is 3.20. The predicted molar refractivity (Wildman–Crippen MR) is 111 cm³/mol. The van der Waals surface area contributed by atoms with E-state index >= 15 is 0 Å². The minimum atomic E-state index is -4.47. The maximum absolute atomic E-state index is 12.8. The average molecular weight is 472 g/mol. The van der Waals surface area contributed by atoms with Gasteiger partial charge in [-0.1, -0.05) is 6.07 Å². The number of anilines is 1. The van der Waals surface area contributed by atoms with Gasteiger partial charge in [0.2, 0.25) is 10.0 Å². The molecule has 8 nitrogen and oxygen atoms in total. The second-order valence-corrected chi connectivity index (χ2v) is 9.56. The fourth-order valence-electron chi connectivity index (χ4n) is 3.81. The van der Waals surface area contributed by atoms with E-state index in [2.05, 4.69) is 14.7 Å². The number of alkyl halides is 3. The number of morpholine rings is 1. The van der Waals surface area contributed by atoms with Gasteiger partial charge >= 0.3 is 6.18 Å². The van der Waals surface area contributed by atoms with E-state index in [1.165, 1.54) is 18.5 Å². The van der Waals surface area contributed by atoms with Crippen LogP contribution in [0.3, 0.4) is 0 Å². The van der Waals surface area contributed by atoms with Crippen molar-refractivity contribution in [1.29, 1.82) is 0 Å². The summed E-state index contributed by atoms with van der Waals surface area (Å²) < 4.78 is 71.4. The smallest absolute Gasteiger partial charge is 0.378 e. The molecular weight excluding hydrogens is 447 g/mol. The van der Waals surface area contributed by atoms with Crippen LogP contribution < -0.4 is 9.62 Å². The summed E-state index contributed by atoms with van der Waals surface area (Å²) in [6.45, 7) is 4.14. The van der Waals surface area contributed by atoms with Crippen molar-refractivity contribution in [3.8, 4) is 0 Å². The van der Waals surface area contributed by atoms with Crippen molar-refractivity contribution in [2.45, 2.75) is 30.1 Å². The minimum Gasteiger partial charge on any atom is -0.378 e. The molecule has 12 heteroatoms. The largest absolute Gasteiger partial charge is 0.433 e. The number of sulfonamides is 1. The van der Waals surface area contributed by atoms with Crippen LogP contribution in [0.2, 0.25) is 0 Å². The Bertz CT molecular complexity index is 1010. The zero-order chi connectivity index (χ0) is 22.8. The van der Waals surface area contributed by atoms with Gasteiger partial charge in [0.25, 0.3) is 0 Å². The molecule has 2 aliphatic rings. The highest BCUT2D eigenvalue weighted by molar-refractivity contribution is 7.89. The lowest BCUT2D eigenvalue weighted by Gasteiger charge is -2.27. The summed E-state index contributed by atoms with van der Waals surface area (Å²) >= 11 is 0. The Morgan fingerprint density at radius 3 is 2.47 bits per heavy atom. The normalized spacial score (nSPS) is 20.6. The van der Waals surface area contributed by atoms with E-state index in [0.29, 0.717) is 63.7 Å². The highest BCUT2D eigenvalue weighted by Gasteiger charge is 2.32. The van der Waals surface area contributed by atoms with E-state index in [0.717, 1.165) is 6.07 Å². The third-order valence-electron chi connectivity index (χ3n) is 5.48. The van der Waals surface area contributed by atoms with E-state index in [-0.39, 0.29) is 10.9 Å². The van der Waals surface area contributed by atoms with Crippen LogP contribution >= 0.6 is 0 Å². The summed E-state index contributed by atoms with van der Waals surface area (Å²) in [5, 5.41) is 0. The predicted octanol–water partition coefficient (Wildman–Crippen LogP) is 1.88. The first-order valence-corrected chi connectivity index (χ1v) is 11.7. The quantitative estimate of drug-likeness (QED) is 0.689. The van der Waals surface area contributed by atoms with Crippen molar-refractivity contribution in [3.05, 3.63) is 47.9 Å². The van der Waals surface area contributed by atoms with Crippen LogP contribution in [-0.2, 0) is 27.5 Å². The second-order valence-electron chi connectivity index (χ2n) is 7.84. The molecule has 2 aromatic heterocycles. The number of nitrogens with one attached hydrogen (secondary N) is 1. The Hall–Kier alpha value is -2.28. The molecule has 2 aromatic rings. The number of hydrogen-bond donors (Lipinski definition) is 1. The molecule has 2 saturated heterocycles. The molecule has 1 N–H and O–H groups in total. The highest BCUT2D eigenvalue weighted by Crippen LogP contribution is 2.27. The molecule has 0 amide bonds. The van der Waals surface area contributed by atoms with Crippen LogP contribution in [0.1, 0.15) is 17.7 Å². The molecule has 0 aromatic carbocycles. The summed E-state index contributed by atoms with van der Waals surface area (Å²) in [5.41, 5.74) is -0.286. The molecule has 1 unspecified atom stereocenters. The van der Waals surface area contributed by atoms with E-state index in [1.807, 2.05) is 9.80 Å². The first-order chi connectivity index (χ1) is 15.2. The molecule has 2 aliphatic heterocycles. The molecule has 174 valence electrons. The first-order valence-electron chi connectivity index (χ1n) is 10.3. The van der Waals surface area contributed by atoms with Gasteiger partial charge in [-0.3, -0.25) is 9.88 Å². The maximum Gasteiger partial charge on any atom is 0.433 e. The number of ether oxygens (including phenoxy) is 1. The van der Waals surface area contributed by atoms with Crippen LogP contribution in [0.15, 0.2) is 41.6 Å². The number of nitrogens with zero attached hydrogens (tertiary/aromatic N) is 4. The van der Waals surface area contributed by atoms with Crippen molar-refractivity contribution in [3.63, 3.8) is 0 Å². The molecule has 2 fully saturated rings. The molecule has 0 radical (unpaired) electrons. The number of likely N-dealkylation sites (tertiary alicyclic amines) is 1. The molecule has 0 spiro atoms. The summed E-state index contributed by atoms with van der Waals surface area (Å²) in [5.74, 6) is 0.712. The van der Waals surface area contributed by atoms with Gasteiger partial charge in [-0.2, -0.15) is 13.2 Å². The summed E-state index contributed by atoms with van der Waals surface area (Å²) in [6, 6.07) is 5.30. The van der Waals surface area contributed by atoms with Gasteiger partial charge in [-0.05, 0) is 30.2 Å². The maximum atomic E-state index is 12.8. The molecule has 1 atom stereocenters. The SMILES string of the molecule is O=S(=O)(NC1CCN(Cc2ccc(C(F)(F)F)nc2)C1)c1ccc(N2CCOCC2)nc1. The number of halogens is 3. The monoisotopic (exact) mass is 471 g/mol. The van der Waals surface area contributed by atoms with Gasteiger partial charge in [0.15, 0.2) is 0 Å². The van der Waals surface area contributed by atoms with Crippen LogP contribution in [0.25, 0.3) is 0 Å². The first kappa shape index (κ1) is 22.9. The third-order valence-corrected chi connectivity index (χ3v) is 6.99. The van der Waals surface area contributed by atoms with Crippen molar-refractivity contribution in [1.82, 2.24) is 19.6 Å². The molecule has 0 saturated carbocycles. The standard InChI is InChI=1S/C20H24F3N5O3S/c21-20(22,23)18-3-1-15(11-24-18)13-27-6-5-16(14-27)26-32(29,30)17-2-4-19(25-12-17)28-7-9-31-10-8-28/h1-4,11-12,16,26H,5-10,13-14H2. The molecular formula is C20H24F3N5O3S. The number of rotatable bonds is 6. The Balaban J connectivity index is 1.32. The lowest BCUT2D eigenvalue weighted by Crippen LogP contribution is -2.37. The number of aromatic nitrogens is 2. The van der Waals surface area contributed by atoms with Crippen molar-refractivity contribution in [2.24, 2.45) is 0 Å². The Kier molecular flexibility index (Phi) is 6.65. The summed E-state index contributed by atoms with van der Waals surface area (Å²) in [6.07, 6.45) is -1.30. The van der Waals surface area contributed by atoms with E-state index in [4.69, 9.17) is 4.74 Å². The summed E-state index contributed by atoms with van der Waals surface area (Å²) in [4.78, 5) is 11.9. The summed E-state index contributed by atoms with van der Waals surface area (Å²) in [7, 11) is -3.73. The van der Waals surface area contributed by atoms with Crippen LogP contribution in [0, 0.1) is 0 Å². The fourth-order valence-corrected chi connectivity index (χ4v) is 5.02. The zero-order valence-electron chi connectivity index (χ0n) is 17.3. The fraction of sp³-hybridized carbons (Fsp3) is 0.500. The molecule has 0 aliphatic carbocycles. The highest BCUT2D eigenvalue weighted by atomic mass is 32.2. The van der Waals surface area contributed by atoms with Gasteiger partial charge < -0.3 is 9.64 Å². The van der Waals surface area contributed by atoms with Crippen LogP contribution in [0.4, 0.5) is 19.0 Å². The van der Waals surface area contributed by atoms with E-state index in [9.17, 15) is 21.6 Å². The second kappa shape index (κ2) is 9.30. The number of pyridine rings is 2. The van der Waals surface area contributed by atoms with E-state index < -0.39 is 21.9 Å². The van der Waals surface area contributed by atoms with Crippen molar-refractivity contribution >= 4 is 15.8 Å². The van der Waals surface area contributed by atoms with Gasteiger partial charge in [0.05, 0.1) is 13.2 Å². The zero-order valence-corrected chi connectivity index (χ0v) is 18.1. The molecule has 4 heterocycles. The lowest BCUT2D eigenvalue weighted by atomic mass is 10.2. The van der Waals surface area contributed by atoms with Crippen molar-refractivity contribution in [2.75, 3.05) is 44.3 Å². The topological polar surface area (TPSA) is 87.7 Å².